The van der Waals surface area contributed by atoms with E-state index < -0.39 is 86.8 Å². The summed E-state index contributed by atoms with van der Waals surface area (Å²) >= 11 is 0. The molecule has 2 rings (SSSR count). The Labute approximate surface area is 481 Å². The first-order valence-corrected chi connectivity index (χ1v) is 32.7. The summed E-state index contributed by atoms with van der Waals surface area (Å²) < 4.78 is 22.9. The maximum Gasteiger partial charge on any atom is 0.220 e. The van der Waals surface area contributed by atoms with E-state index in [1.807, 2.05) is 0 Å². The molecule has 2 fully saturated rings. The molecule has 9 N–H and O–H groups in total. The van der Waals surface area contributed by atoms with Crippen LogP contribution >= 0.6 is 0 Å². The van der Waals surface area contributed by atoms with Crippen LogP contribution in [0.5, 0.6) is 0 Å². The van der Waals surface area contributed by atoms with E-state index in [0.29, 0.717) is 12.8 Å². The molecule has 0 bridgehead atoms. The third kappa shape index (κ3) is 35.8. The molecule has 2 aliphatic rings. The van der Waals surface area contributed by atoms with Crippen LogP contribution in [0.15, 0.2) is 36.5 Å². The molecule has 0 aromatic heterocycles. The molecular weight excluding hydrogens is 1000 g/mol. The fourth-order valence-electron chi connectivity index (χ4n) is 10.9. The number of aliphatic hydroxyl groups is 8. The molecule has 0 radical (unpaired) electrons. The van der Waals surface area contributed by atoms with Crippen LogP contribution in [0, 0.1) is 0 Å². The molecule has 464 valence electrons. The predicted molar refractivity (Wildman–Crippen MR) is 318 cm³/mol. The van der Waals surface area contributed by atoms with E-state index in [1.54, 1.807) is 0 Å². The van der Waals surface area contributed by atoms with Gasteiger partial charge < -0.3 is 65.1 Å². The number of nitrogens with one attached hydrogen (secondary N) is 1. The maximum absolute atomic E-state index is 13.3. The minimum absolute atomic E-state index is 0.221. The van der Waals surface area contributed by atoms with Crippen LogP contribution in [0.2, 0.25) is 0 Å². The molecule has 0 aromatic carbocycles. The molecule has 0 aromatic rings. The third-order valence-electron chi connectivity index (χ3n) is 16.1. The second-order valence-corrected chi connectivity index (χ2v) is 23.2. The molecule has 0 aliphatic carbocycles. The molecule has 2 aliphatic heterocycles. The molecule has 79 heavy (non-hydrogen) atoms. The molecule has 0 spiro atoms. The van der Waals surface area contributed by atoms with Crippen molar-refractivity contribution >= 4 is 5.91 Å². The first-order valence-electron chi connectivity index (χ1n) is 32.7. The van der Waals surface area contributed by atoms with Crippen molar-refractivity contribution in [3.05, 3.63) is 36.5 Å². The van der Waals surface area contributed by atoms with Crippen LogP contribution in [0.4, 0.5) is 0 Å². The van der Waals surface area contributed by atoms with Gasteiger partial charge in [-0.3, -0.25) is 4.79 Å². The van der Waals surface area contributed by atoms with Crippen molar-refractivity contribution in [2.24, 2.45) is 0 Å². The number of hydrogen-bond acceptors (Lipinski definition) is 13. The highest BCUT2D eigenvalue weighted by Gasteiger charge is 2.51. The standard InChI is InChI=1S/C65H121NO13/c1-3-5-7-9-11-13-15-17-19-20-21-22-23-24-25-26-27-28-29-30-31-32-33-35-36-38-40-42-44-46-48-54(69)53(66-57(70)49-47-45-43-41-39-37-34-18-16-14-12-10-8-6-4-2)52-76-64-62(75)60(73)63(56(51-68)78-64)79-65-61(74)59(72)58(71)55(50-67)77-65/h6,8,12,14,18,34,53-56,58-65,67-69,71-75H,3-5,7,9-11,13,15-17,19-33,35-52H2,1-2H3,(H,66,70)/b8-6-,14-12-,34-18-. The zero-order chi connectivity index (χ0) is 57.4. The number of carbonyl (C=O) groups excluding carboxylic acids is 1. The number of ether oxygens (including phenoxy) is 4. The van der Waals surface area contributed by atoms with Gasteiger partial charge in [0.05, 0.1) is 32.0 Å². The van der Waals surface area contributed by atoms with Crippen LogP contribution in [0.3, 0.4) is 0 Å². The molecule has 12 unspecified atom stereocenters. The normalized spacial score (nSPS) is 24.6. The second-order valence-electron chi connectivity index (χ2n) is 23.2. The predicted octanol–water partition coefficient (Wildman–Crippen LogP) is 12.2. The van der Waals surface area contributed by atoms with Gasteiger partial charge in [-0.05, 0) is 44.9 Å². The maximum atomic E-state index is 13.3. The lowest BCUT2D eigenvalue weighted by Gasteiger charge is -2.46. The highest BCUT2D eigenvalue weighted by molar-refractivity contribution is 5.76. The van der Waals surface area contributed by atoms with Crippen molar-refractivity contribution in [2.75, 3.05) is 19.8 Å². The van der Waals surface area contributed by atoms with E-state index in [2.05, 4.69) is 55.6 Å². The van der Waals surface area contributed by atoms with E-state index >= 15 is 0 Å². The average molecular weight is 1120 g/mol. The summed E-state index contributed by atoms with van der Waals surface area (Å²) in [5, 5.41) is 87.4. The fourth-order valence-corrected chi connectivity index (χ4v) is 10.9. The Balaban J connectivity index is 1.66. The largest absolute Gasteiger partial charge is 0.394 e. The quantitative estimate of drug-likeness (QED) is 0.0204. The highest BCUT2D eigenvalue weighted by Crippen LogP contribution is 2.30. The minimum Gasteiger partial charge on any atom is -0.394 e. The number of carbonyl (C=O) groups is 1. The Kier molecular flexibility index (Phi) is 47.0. The SMILES string of the molecule is CC/C=C\C/C=C\C/C=C\CCCCCCCC(=O)NC(COC1OC(CO)C(OC2OC(CO)C(O)C(O)C2O)C(O)C1O)C(O)CCCCCCCCCCCCCCCCCCCCCCCCCCCCCCCC. The van der Waals surface area contributed by atoms with Gasteiger partial charge in [0.15, 0.2) is 12.6 Å². The van der Waals surface area contributed by atoms with E-state index in [-0.39, 0.29) is 18.9 Å². The molecule has 1 amide bonds. The summed E-state index contributed by atoms with van der Waals surface area (Å²) in [6.45, 7) is 2.76. The van der Waals surface area contributed by atoms with Gasteiger partial charge in [0.2, 0.25) is 5.91 Å². The number of amides is 1. The van der Waals surface area contributed by atoms with Crippen molar-refractivity contribution in [3.63, 3.8) is 0 Å². The van der Waals surface area contributed by atoms with Gasteiger partial charge in [-0.25, -0.2) is 0 Å². The topological polar surface area (TPSA) is 228 Å². The van der Waals surface area contributed by atoms with Gasteiger partial charge in [0.25, 0.3) is 0 Å². The highest BCUT2D eigenvalue weighted by atomic mass is 16.7. The molecule has 14 nitrogen and oxygen atoms in total. The van der Waals surface area contributed by atoms with E-state index in [0.717, 1.165) is 77.0 Å². The van der Waals surface area contributed by atoms with Crippen LogP contribution in [0.1, 0.15) is 277 Å². The van der Waals surface area contributed by atoms with Crippen molar-refractivity contribution in [2.45, 2.75) is 351 Å². The summed E-state index contributed by atoms with van der Waals surface area (Å²) in [4.78, 5) is 13.3. The number of unbranched alkanes of at least 4 members (excludes halogenated alkanes) is 34. The molecule has 12 atom stereocenters. The molecule has 14 heteroatoms. The number of aliphatic hydroxyl groups excluding tert-OH is 8. The average Bonchev–Trinajstić information content (AvgIpc) is 3.47. The Hall–Kier alpha value is -1.79. The van der Waals surface area contributed by atoms with Crippen LogP contribution < -0.4 is 5.32 Å². The van der Waals surface area contributed by atoms with E-state index in [9.17, 15) is 45.6 Å². The van der Waals surface area contributed by atoms with Crippen LogP contribution in [-0.4, -0.2) is 140 Å². The Bertz CT molecular complexity index is 1460. The van der Waals surface area contributed by atoms with E-state index in [4.69, 9.17) is 18.9 Å². The van der Waals surface area contributed by atoms with Crippen molar-refractivity contribution in [1.29, 1.82) is 0 Å². The van der Waals surface area contributed by atoms with Crippen molar-refractivity contribution < 1.29 is 64.6 Å². The summed E-state index contributed by atoms with van der Waals surface area (Å²) in [6.07, 6.45) is 46.0. The lowest BCUT2D eigenvalue weighted by atomic mass is 9.97. The Morgan fingerprint density at radius 3 is 1.34 bits per heavy atom. The van der Waals surface area contributed by atoms with Gasteiger partial charge in [0, 0.05) is 6.42 Å². The van der Waals surface area contributed by atoms with Crippen LogP contribution in [0.25, 0.3) is 0 Å². The third-order valence-corrected chi connectivity index (χ3v) is 16.1. The minimum atomic E-state index is -1.78. The van der Waals surface area contributed by atoms with Gasteiger partial charge in [-0.1, -0.05) is 262 Å². The lowest BCUT2D eigenvalue weighted by Crippen LogP contribution is -2.65. The molecule has 2 heterocycles. The van der Waals surface area contributed by atoms with E-state index in [1.165, 1.54) is 167 Å². The summed E-state index contributed by atoms with van der Waals surface area (Å²) in [5.74, 6) is -0.221. The zero-order valence-electron chi connectivity index (χ0n) is 50.1. The van der Waals surface area contributed by atoms with Crippen LogP contribution in [-0.2, 0) is 23.7 Å². The first kappa shape index (κ1) is 73.3. The van der Waals surface area contributed by atoms with Gasteiger partial charge in [0.1, 0.15) is 48.8 Å². The monoisotopic (exact) mass is 1120 g/mol. The van der Waals surface area contributed by atoms with Crippen molar-refractivity contribution in [1.82, 2.24) is 5.32 Å². The van der Waals surface area contributed by atoms with Gasteiger partial charge in [-0.2, -0.15) is 0 Å². The van der Waals surface area contributed by atoms with Gasteiger partial charge in [-0.15, -0.1) is 0 Å². The molecular formula is C65H121NO13. The number of hydrogen-bond donors (Lipinski definition) is 9. The zero-order valence-corrected chi connectivity index (χ0v) is 50.1. The second kappa shape index (κ2) is 50.7. The van der Waals surface area contributed by atoms with Crippen molar-refractivity contribution in [3.8, 4) is 0 Å². The summed E-state index contributed by atoms with van der Waals surface area (Å²) in [6, 6.07) is -0.839. The Morgan fingerprint density at radius 1 is 0.468 bits per heavy atom. The lowest BCUT2D eigenvalue weighted by molar-refractivity contribution is -0.359. The number of rotatable bonds is 53. The first-order chi connectivity index (χ1) is 38.6. The smallest absolute Gasteiger partial charge is 0.220 e. The molecule has 2 saturated heterocycles. The van der Waals surface area contributed by atoms with Gasteiger partial charge >= 0.3 is 0 Å². The summed E-state index contributed by atoms with van der Waals surface area (Å²) in [7, 11) is 0. The fraction of sp³-hybridized carbons (Fsp3) is 0.892. The molecule has 0 saturated carbocycles. The summed E-state index contributed by atoms with van der Waals surface area (Å²) in [5.41, 5.74) is 0. The Morgan fingerprint density at radius 2 is 0.873 bits per heavy atom. The number of allylic oxidation sites excluding steroid dienone is 6.